The zero-order valence-electron chi connectivity index (χ0n) is 18.8. The molecule has 0 saturated heterocycles. The molecule has 3 N–H and O–H groups in total. The number of aryl methyl sites for hydroxylation is 2. The van der Waals surface area contributed by atoms with Crippen molar-refractivity contribution in [1.82, 2.24) is 19.9 Å². The Bertz CT molecular complexity index is 1240. The summed E-state index contributed by atoms with van der Waals surface area (Å²) in [6, 6.07) is 15.6. The number of carbonyl (C=O) groups is 1. The van der Waals surface area contributed by atoms with Crippen molar-refractivity contribution in [1.29, 1.82) is 0 Å². The SMILES string of the molecule is COc1ccc(CCn2c(N)c(C(=O)NCCC(C)C)c3nc4ccccc4nc32)cc1. The molecule has 0 unspecified atom stereocenters. The Hall–Kier alpha value is -3.61. The highest BCUT2D eigenvalue weighted by Crippen LogP contribution is 2.28. The van der Waals surface area contributed by atoms with Crippen LogP contribution in [-0.2, 0) is 13.0 Å². The summed E-state index contributed by atoms with van der Waals surface area (Å²) in [7, 11) is 1.65. The van der Waals surface area contributed by atoms with Gasteiger partial charge in [-0.2, -0.15) is 0 Å². The topological polar surface area (TPSA) is 95.1 Å². The number of ether oxygens (including phenoxy) is 1. The van der Waals surface area contributed by atoms with Crippen molar-refractivity contribution >= 4 is 33.9 Å². The number of methoxy groups -OCH3 is 1. The average Bonchev–Trinajstić information content (AvgIpc) is 3.06. The summed E-state index contributed by atoms with van der Waals surface area (Å²) in [6.07, 6.45) is 1.64. The number of nitrogens with two attached hydrogens (primary N) is 1. The first-order valence-corrected chi connectivity index (χ1v) is 10.9. The lowest BCUT2D eigenvalue weighted by Crippen LogP contribution is -2.26. The Morgan fingerprint density at radius 3 is 2.44 bits per heavy atom. The van der Waals surface area contributed by atoms with Crippen LogP contribution in [0.15, 0.2) is 48.5 Å². The molecule has 0 radical (unpaired) electrons. The molecular weight excluding hydrogens is 402 g/mol. The fourth-order valence-electron chi connectivity index (χ4n) is 3.76. The molecule has 0 bridgehead atoms. The molecule has 32 heavy (non-hydrogen) atoms. The Morgan fingerprint density at radius 2 is 1.78 bits per heavy atom. The van der Waals surface area contributed by atoms with E-state index < -0.39 is 0 Å². The first kappa shape index (κ1) is 21.6. The fraction of sp³-hybridized carbons (Fsp3) is 0.320. The number of rotatable bonds is 8. The zero-order valence-corrected chi connectivity index (χ0v) is 18.8. The van der Waals surface area contributed by atoms with Gasteiger partial charge in [0, 0.05) is 13.1 Å². The minimum atomic E-state index is -0.207. The van der Waals surface area contributed by atoms with Gasteiger partial charge in [0.15, 0.2) is 5.65 Å². The quantitative estimate of drug-likeness (QED) is 0.436. The summed E-state index contributed by atoms with van der Waals surface area (Å²) in [4.78, 5) is 22.6. The van der Waals surface area contributed by atoms with E-state index in [1.807, 2.05) is 53.1 Å². The number of hydrogen-bond donors (Lipinski definition) is 2. The second kappa shape index (κ2) is 9.26. The first-order valence-electron chi connectivity index (χ1n) is 10.9. The standard InChI is InChI=1S/C25H29N5O2/c1-16(2)12-14-27-25(31)21-22-24(29-20-7-5-4-6-19(20)28-22)30(23(21)26)15-13-17-8-10-18(32-3)11-9-17/h4-11,16H,12-15,26H2,1-3H3,(H,27,31). The van der Waals surface area contributed by atoms with Crippen molar-refractivity contribution in [2.75, 3.05) is 19.4 Å². The van der Waals surface area contributed by atoms with E-state index in [-0.39, 0.29) is 5.91 Å². The summed E-state index contributed by atoms with van der Waals surface area (Å²) in [5, 5.41) is 3.00. The van der Waals surface area contributed by atoms with Gasteiger partial charge in [-0.1, -0.05) is 38.1 Å². The number of nitrogens with zero attached hydrogens (tertiary/aromatic N) is 3. The van der Waals surface area contributed by atoms with Crippen molar-refractivity contribution in [3.05, 3.63) is 59.7 Å². The van der Waals surface area contributed by atoms with Gasteiger partial charge in [0.05, 0.1) is 18.1 Å². The lowest BCUT2D eigenvalue weighted by atomic mass is 10.1. The van der Waals surface area contributed by atoms with Gasteiger partial charge >= 0.3 is 0 Å². The van der Waals surface area contributed by atoms with E-state index in [2.05, 4.69) is 19.2 Å². The van der Waals surface area contributed by atoms with Crippen LogP contribution in [0.5, 0.6) is 5.75 Å². The third-order valence-corrected chi connectivity index (χ3v) is 5.61. The monoisotopic (exact) mass is 431 g/mol. The molecule has 0 saturated carbocycles. The van der Waals surface area contributed by atoms with Crippen LogP contribution < -0.4 is 15.8 Å². The molecule has 0 aliphatic heterocycles. The van der Waals surface area contributed by atoms with Crippen molar-refractivity contribution in [3.8, 4) is 5.75 Å². The van der Waals surface area contributed by atoms with Gasteiger partial charge in [0.2, 0.25) is 0 Å². The zero-order chi connectivity index (χ0) is 22.7. The number of anilines is 1. The van der Waals surface area contributed by atoms with Crippen LogP contribution >= 0.6 is 0 Å². The predicted octanol–water partition coefficient (Wildman–Crippen LogP) is 4.19. The summed E-state index contributed by atoms with van der Waals surface area (Å²) in [5.74, 6) is 1.51. The van der Waals surface area contributed by atoms with Crippen LogP contribution in [0.2, 0.25) is 0 Å². The van der Waals surface area contributed by atoms with E-state index in [1.54, 1.807) is 7.11 Å². The largest absolute Gasteiger partial charge is 0.497 e. The Kier molecular flexibility index (Phi) is 6.25. The van der Waals surface area contributed by atoms with Crippen LogP contribution in [0.1, 0.15) is 36.2 Å². The number of nitrogens with one attached hydrogen (secondary N) is 1. The molecule has 2 heterocycles. The van der Waals surface area contributed by atoms with Gasteiger partial charge < -0.3 is 20.4 Å². The molecule has 166 valence electrons. The highest BCUT2D eigenvalue weighted by molar-refractivity contribution is 6.10. The van der Waals surface area contributed by atoms with E-state index >= 15 is 0 Å². The van der Waals surface area contributed by atoms with E-state index in [1.165, 1.54) is 0 Å². The number of carbonyl (C=O) groups excluding carboxylic acids is 1. The lowest BCUT2D eigenvalue weighted by Gasteiger charge is -2.09. The number of amides is 1. The van der Waals surface area contributed by atoms with Crippen LogP contribution in [-0.4, -0.2) is 34.1 Å². The van der Waals surface area contributed by atoms with E-state index in [0.717, 1.165) is 35.2 Å². The molecule has 4 aromatic rings. The van der Waals surface area contributed by atoms with Crippen molar-refractivity contribution in [3.63, 3.8) is 0 Å². The smallest absolute Gasteiger partial charge is 0.257 e. The second-order valence-electron chi connectivity index (χ2n) is 8.33. The molecule has 0 aliphatic rings. The van der Waals surface area contributed by atoms with Gasteiger partial charge in [0.25, 0.3) is 5.91 Å². The molecule has 1 amide bonds. The minimum absolute atomic E-state index is 0.207. The number of hydrogen-bond acceptors (Lipinski definition) is 5. The number of fused-ring (bicyclic) bond motifs is 2. The maximum Gasteiger partial charge on any atom is 0.257 e. The third-order valence-electron chi connectivity index (χ3n) is 5.61. The second-order valence-corrected chi connectivity index (χ2v) is 8.33. The van der Waals surface area contributed by atoms with Gasteiger partial charge in [0.1, 0.15) is 22.6 Å². The number of benzene rings is 2. The van der Waals surface area contributed by atoms with Crippen LogP contribution in [0.3, 0.4) is 0 Å². The Morgan fingerprint density at radius 1 is 1.09 bits per heavy atom. The number of aromatic nitrogens is 3. The molecule has 7 nitrogen and oxygen atoms in total. The molecule has 0 spiro atoms. The summed E-state index contributed by atoms with van der Waals surface area (Å²) >= 11 is 0. The predicted molar refractivity (Wildman–Crippen MR) is 128 cm³/mol. The molecule has 0 atom stereocenters. The van der Waals surface area contributed by atoms with Crippen molar-refractivity contribution in [2.45, 2.75) is 33.2 Å². The van der Waals surface area contributed by atoms with Crippen molar-refractivity contribution < 1.29 is 9.53 Å². The van der Waals surface area contributed by atoms with E-state index in [0.29, 0.717) is 41.6 Å². The number of nitrogen functional groups attached to an aromatic ring is 1. The minimum Gasteiger partial charge on any atom is -0.497 e. The van der Waals surface area contributed by atoms with Crippen LogP contribution in [0, 0.1) is 5.92 Å². The maximum atomic E-state index is 13.1. The van der Waals surface area contributed by atoms with E-state index in [4.69, 9.17) is 20.4 Å². The lowest BCUT2D eigenvalue weighted by molar-refractivity contribution is 0.0954. The normalized spacial score (nSPS) is 11.4. The van der Waals surface area contributed by atoms with Gasteiger partial charge in [-0.15, -0.1) is 0 Å². The highest BCUT2D eigenvalue weighted by Gasteiger charge is 2.23. The van der Waals surface area contributed by atoms with Crippen LogP contribution in [0.4, 0.5) is 5.82 Å². The average molecular weight is 432 g/mol. The highest BCUT2D eigenvalue weighted by atomic mass is 16.5. The summed E-state index contributed by atoms with van der Waals surface area (Å²) in [6.45, 7) is 5.43. The third kappa shape index (κ3) is 4.37. The van der Waals surface area contributed by atoms with Crippen molar-refractivity contribution in [2.24, 2.45) is 5.92 Å². The molecule has 0 fully saturated rings. The molecule has 2 aromatic carbocycles. The molecule has 2 aromatic heterocycles. The Balaban J connectivity index is 1.72. The number of para-hydroxylation sites is 2. The summed E-state index contributed by atoms with van der Waals surface area (Å²) in [5.41, 5.74) is 10.7. The summed E-state index contributed by atoms with van der Waals surface area (Å²) < 4.78 is 7.14. The first-order chi connectivity index (χ1) is 15.5. The molecule has 7 heteroatoms. The molecule has 4 rings (SSSR count). The fourth-order valence-corrected chi connectivity index (χ4v) is 3.76. The van der Waals surface area contributed by atoms with E-state index in [9.17, 15) is 4.79 Å². The Labute approximate surface area is 187 Å². The van der Waals surface area contributed by atoms with Gasteiger partial charge in [-0.3, -0.25) is 4.79 Å². The van der Waals surface area contributed by atoms with Gasteiger partial charge in [-0.25, -0.2) is 9.97 Å². The van der Waals surface area contributed by atoms with Gasteiger partial charge in [-0.05, 0) is 48.6 Å². The maximum absolute atomic E-state index is 13.1. The molecule has 0 aliphatic carbocycles. The van der Waals surface area contributed by atoms with Crippen LogP contribution in [0.25, 0.3) is 22.2 Å². The molecular formula is C25H29N5O2.